The molecule has 3 aromatic rings. The predicted octanol–water partition coefficient (Wildman–Crippen LogP) is 2.30. The van der Waals surface area contributed by atoms with E-state index in [1.165, 1.54) is 23.9 Å². The lowest BCUT2D eigenvalue weighted by atomic mass is 9.99. The summed E-state index contributed by atoms with van der Waals surface area (Å²) in [6.07, 6.45) is -2.11. The van der Waals surface area contributed by atoms with E-state index in [0.29, 0.717) is 18.4 Å². The van der Waals surface area contributed by atoms with Gasteiger partial charge in [0, 0.05) is 25.9 Å². The van der Waals surface area contributed by atoms with Crippen molar-refractivity contribution in [2.75, 3.05) is 6.54 Å². The maximum atomic E-state index is 13.0. The molecule has 31 heavy (non-hydrogen) atoms. The molecule has 162 valence electrons. The van der Waals surface area contributed by atoms with Crippen LogP contribution < -0.4 is 4.72 Å². The molecular weight excluding hydrogens is 435 g/mol. The van der Waals surface area contributed by atoms with E-state index in [1.807, 2.05) is 0 Å². The Morgan fingerprint density at radius 3 is 2.58 bits per heavy atom. The molecule has 0 bridgehead atoms. The lowest BCUT2D eigenvalue weighted by molar-refractivity contribution is -0.141. The van der Waals surface area contributed by atoms with E-state index in [2.05, 4.69) is 31.0 Å². The SMILES string of the molecule is CCNS(=O)(=O)c1cc(C2(C#N)CC2)cnc1-c1nc2cc(C(F)(F)F)nnc2n1C. The fraction of sp³-hybridized carbons (Fsp3) is 0.389. The second-order valence-electron chi connectivity index (χ2n) is 7.20. The van der Waals surface area contributed by atoms with Crippen LogP contribution in [-0.2, 0) is 28.7 Å². The minimum atomic E-state index is -4.70. The summed E-state index contributed by atoms with van der Waals surface area (Å²) in [6, 6.07) is 4.31. The van der Waals surface area contributed by atoms with Crippen molar-refractivity contribution in [2.45, 2.75) is 36.3 Å². The van der Waals surface area contributed by atoms with Crippen LogP contribution in [0.4, 0.5) is 13.2 Å². The number of halogens is 3. The fourth-order valence-electron chi connectivity index (χ4n) is 3.27. The van der Waals surface area contributed by atoms with Crippen molar-refractivity contribution in [2.24, 2.45) is 7.05 Å². The first-order valence-corrected chi connectivity index (χ1v) is 10.7. The molecule has 1 aliphatic carbocycles. The Balaban J connectivity index is 1.94. The van der Waals surface area contributed by atoms with Crippen molar-refractivity contribution in [3.63, 3.8) is 0 Å². The standard InChI is InChI=1S/C18H16F3N7O2S/c1-3-24-31(29,30)12-6-10(17(9-22)4-5-17)8-23-14(12)16-25-11-7-13(18(19,20)21)26-27-15(11)28(16)2/h6-8,24H,3-5H2,1-2H3. The topological polar surface area (TPSA) is 126 Å². The Labute approximate surface area is 175 Å². The van der Waals surface area contributed by atoms with Crippen LogP contribution in [0.25, 0.3) is 22.7 Å². The zero-order valence-electron chi connectivity index (χ0n) is 16.4. The van der Waals surface area contributed by atoms with Gasteiger partial charge in [0.2, 0.25) is 10.0 Å². The van der Waals surface area contributed by atoms with Crippen molar-refractivity contribution in [1.29, 1.82) is 5.26 Å². The van der Waals surface area contributed by atoms with Crippen molar-refractivity contribution < 1.29 is 21.6 Å². The van der Waals surface area contributed by atoms with E-state index in [-0.39, 0.29) is 34.1 Å². The number of hydrogen-bond acceptors (Lipinski definition) is 7. The summed E-state index contributed by atoms with van der Waals surface area (Å²) in [6.45, 7) is 1.72. The molecule has 3 aromatic heterocycles. The van der Waals surface area contributed by atoms with Gasteiger partial charge >= 0.3 is 6.18 Å². The van der Waals surface area contributed by atoms with E-state index in [1.54, 1.807) is 6.92 Å². The summed E-state index contributed by atoms with van der Waals surface area (Å²) in [5.41, 5.74) is -1.65. The number of nitriles is 1. The van der Waals surface area contributed by atoms with E-state index in [4.69, 9.17) is 0 Å². The smallest absolute Gasteiger partial charge is 0.309 e. The molecule has 1 aliphatic rings. The fourth-order valence-corrected chi connectivity index (χ4v) is 4.49. The second kappa shape index (κ2) is 6.96. The van der Waals surface area contributed by atoms with Crippen LogP contribution >= 0.6 is 0 Å². The lowest BCUT2D eigenvalue weighted by Gasteiger charge is -2.13. The highest BCUT2D eigenvalue weighted by molar-refractivity contribution is 7.89. The van der Waals surface area contributed by atoms with E-state index in [9.17, 15) is 26.9 Å². The molecule has 0 spiro atoms. The van der Waals surface area contributed by atoms with Gasteiger partial charge in [-0.05, 0) is 24.5 Å². The van der Waals surface area contributed by atoms with Gasteiger partial charge in [-0.2, -0.15) is 18.4 Å². The molecule has 0 aromatic carbocycles. The van der Waals surface area contributed by atoms with E-state index < -0.39 is 27.3 Å². The highest BCUT2D eigenvalue weighted by atomic mass is 32.2. The number of pyridine rings is 1. The molecule has 1 saturated carbocycles. The Kier molecular flexibility index (Phi) is 4.74. The number of nitrogens with one attached hydrogen (secondary N) is 1. The van der Waals surface area contributed by atoms with Crippen LogP contribution in [0.5, 0.6) is 0 Å². The third kappa shape index (κ3) is 3.51. The first kappa shape index (κ1) is 21.1. The van der Waals surface area contributed by atoms with Crippen LogP contribution in [0.15, 0.2) is 23.2 Å². The molecule has 3 heterocycles. The number of rotatable bonds is 5. The average molecular weight is 451 g/mol. The molecule has 0 radical (unpaired) electrons. The number of fused-ring (bicyclic) bond motifs is 1. The second-order valence-corrected chi connectivity index (χ2v) is 8.93. The van der Waals surface area contributed by atoms with Crippen LogP contribution in [0, 0.1) is 11.3 Å². The summed E-state index contributed by atoms with van der Waals surface area (Å²) in [4.78, 5) is 8.20. The zero-order valence-corrected chi connectivity index (χ0v) is 17.2. The first-order valence-electron chi connectivity index (χ1n) is 9.21. The molecule has 13 heteroatoms. The monoisotopic (exact) mass is 451 g/mol. The molecule has 0 atom stereocenters. The largest absolute Gasteiger partial charge is 0.435 e. The minimum Gasteiger partial charge on any atom is -0.309 e. The Morgan fingerprint density at radius 2 is 2.00 bits per heavy atom. The van der Waals surface area contributed by atoms with Gasteiger partial charge < -0.3 is 4.57 Å². The quantitative estimate of drug-likeness (QED) is 0.631. The summed E-state index contributed by atoms with van der Waals surface area (Å²) >= 11 is 0. The third-order valence-electron chi connectivity index (χ3n) is 5.11. The van der Waals surface area contributed by atoms with E-state index >= 15 is 0 Å². The number of alkyl halides is 3. The maximum absolute atomic E-state index is 13.0. The van der Waals surface area contributed by atoms with Crippen LogP contribution in [0.3, 0.4) is 0 Å². The van der Waals surface area contributed by atoms with Gasteiger partial charge in [0.15, 0.2) is 17.2 Å². The summed E-state index contributed by atoms with van der Waals surface area (Å²) < 4.78 is 68.4. The van der Waals surface area contributed by atoms with Gasteiger partial charge in [-0.15, -0.1) is 10.2 Å². The van der Waals surface area contributed by atoms with Crippen LogP contribution in [0.1, 0.15) is 31.0 Å². The molecule has 0 amide bonds. The Morgan fingerprint density at radius 1 is 1.29 bits per heavy atom. The number of aryl methyl sites for hydroxylation is 1. The summed E-state index contributed by atoms with van der Waals surface area (Å²) in [7, 11) is -2.55. The van der Waals surface area contributed by atoms with Gasteiger partial charge in [-0.25, -0.2) is 18.1 Å². The predicted molar refractivity (Wildman–Crippen MR) is 102 cm³/mol. The highest BCUT2D eigenvalue weighted by Crippen LogP contribution is 2.48. The molecule has 9 nitrogen and oxygen atoms in total. The minimum absolute atomic E-state index is 0.00783. The van der Waals surface area contributed by atoms with Gasteiger partial charge in [0.05, 0.1) is 11.5 Å². The first-order chi connectivity index (χ1) is 14.5. The van der Waals surface area contributed by atoms with Gasteiger partial charge in [-0.1, -0.05) is 6.92 Å². The molecule has 1 N–H and O–H groups in total. The summed E-state index contributed by atoms with van der Waals surface area (Å²) in [5, 5.41) is 16.2. The third-order valence-corrected chi connectivity index (χ3v) is 6.67. The van der Waals surface area contributed by atoms with Crippen molar-refractivity contribution in [3.05, 3.63) is 29.6 Å². The van der Waals surface area contributed by atoms with Crippen LogP contribution in [0.2, 0.25) is 0 Å². The van der Waals surface area contributed by atoms with Crippen molar-refractivity contribution >= 4 is 21.2 Å². The number of nitrogens with zero attached hydrogens (tertiary/aromatic N) is 6. The molecule has 1 fully saturated rings. The van der Waals surface area contributed by atoms with E-state index in [0.717, 1.165) is 6.07 Å². The van der Waals surface area contributed by atoms with Crippen LogP contribution in [-0.4, -0.2) is 39.7 Å². The molecular formula is C18H16F3N7O2S. The average Bonchev–Trinajstić information content (AvgIpc) is 3.45. The number of sulfonamides is 1. The lowest BCUT2D eigenvalue weighted by Crippen LogP contribution is -2.25. The molecule has 0 aliphatic heterocycles. The molecule has 4 rings (SSSR count). The maximum Gasteiger partial charge on any atom is 0.435 e. The Bertz CT molecular complexity index is 1340. The van der Waals surface area contributed by atoms with Crippen molar-refractivity contribution in [3.8, 4) is 17.6 Å². The van der Waals surface area contributed by atoms with Crippen molar-refractivity contribution in [1.82, 2.24) is 29.5 Å². The number of hydrogen-bond donors (Lipinski definition) is 1. The number of aromatic nitrogens is 5. The Hall–Kier alpha value is -3.11. The zero-order chi connectivity index (χ0) is 22.6. The van der Waals surface area contributed by atoms with Gasteiger partial charge in [0.25, 0.3) is 0 Å². The highest BCUT2D eigenvalue weighted by Gasteiger charge is 2.46. The van der Waals surface area contributed by atoms with Gasteiger partial charge in [0.1, 0.15) is 16.1 Å². The summed E-state index contributed by atoms with van der Waals surface area (Å²) in [5.74, 6) is 0.00783. The normalized spacial score (nSPS) is 15.7. The number of imidazole rings is 1. The van der Waals surface area contributed by atoms with Gasteiger partial charge in [-0.3, -0.25) is 4.98 Å². The molecule has 0 unspecified atom stereocenters. The molecule has 0 saturated heterocycles.